The van der Waals surface area contributed by atoms with E-state index in [-0.39, 0.29) is 11.9 Å². The third-order valence-corrected chi connectivity index (χ3v) is 6.41. The fraction of sp³-hybridized carbons (Fsp3) is 0.360. The van der Waals surface area contributed by atoms with E-state index in [1.54, 1.807) is 12.1 Å². The Labute approximate surface area is 171 Å². The Morgan fingerprint density at radius 2 is 1.72 bits per heavy atom. The molecule has 1 unspecified atom stereocenters. The molecule has 4 heteroatoms. The number of halogens is 1. The lowest BCUT2D eigenvalue weighted by Gasteiger charge is -2.36. The molecular formula is C25H27FN2O. The van der Waals surface area contributed by atoms with Gasteiger partial charge in [0.05, 0.1) is 12.2 Å². The standard InChI is InChI=1S/C25H27FN2O/c26-22-9-7-19(8-10-22)11-15-27-16-12-20(13-17-27)25-23-5-3-14-28(23)18-21-4-1-2-6-24(21)29-25/h1-10,14,20,25H,11-13,15-18H2. The largest absolute Gasteiger partial charge is 0.484 e. The van der Waals surface area contributed by atoms with E-state index in [1.807, 2.05) is 12.1 Å². The molecule has 0 aliphatic carbocycles. The number of aromatic nitrogens is 1. The lowest BCUT2D eigenvalue weighted by atomic mass is 9.89. The van der Waals surface area contributed by atoms with E-state index in [4.69, 9.17) is 4.74 Å². The van der Waals surface area contributed by atoms with Crippen LogP contribution in [-0.4, -0.2) is 29.1 Å². The molecule has 0 saturated carbocycles. The fourth-order valence-corrected chi connectivity index (χ4v) is 4.71. The molecule has 3 heterocycles. The lowest BCUT2D eigenvalue weighted by molar-refractivity contribution is 0.0745. The van der Waals surface area contributed by atoms with Gasteiger partial charge in [0.25, 0.3) is 0 Å². The molecule has 2 aliphatic heterocycles. The quantitative estimate of drug-likeness (QED) is 0.619. The first-order valence-corrected chi connectivity index (χ1v) is 10.6. The van der Waals surface area contributed by atoms with E-state index < -0.39 is 0 Å². The summed E-state index contributed by atoms with van der Waals surface area (Å²) in [4.78, 5) is 2.53. The Bertz CT molecular complexity index is 957. The summed E-state index contributed by atoms with van der Waals surface area (Å²) < 4.78 is 22.0. The highest BCUT2D eigenvalue weighted by molar-refractivity contribution is 5.36. The molecule has 0 N–H and O–H groups in total. The molecule has 0 radical (unpaired) electrons. The molecule has 3 aromatic rings. The Morgan fingerprint density at radius 3 is 2.55 bits per heavy atom. The van der Waals surface area contributed by atoms with Crippen molar-refractivity contribution in [3.8, 4) is 5.75 Å². The number of hydrogen-bond donors (Lipinski definition) is 0. The predicted octanol–water partition coefficient (Wildman–Crippen LogP) is 5.06. The molecule has 150 valence electrons. The van der Waals surface area contributed by atoms with Gasteiger partial charge in [0, 0.05) is 24.2 Å². The number of nitrogens with zero attached hydrogens (tertiary/aromatic N) is 2. The van der Waals surface area contributed by atoms with Gasteiger partial charge in [-0.3, -0.25) is 0 Å². The Morgan fingerprint density at radius 1 is 0.931 bits per heavy atom. The molecule has 0 bridgehead atoms. The van der Waals surface area contributed by atoms with Gasteiger partial charge >= 0.3 is 0 Å². The SMILES string of the molecule is Fc1ccc(CCN2CCC(C3Oc4ccccc4Cn4cccc43)CC2)cc1. The van der Waals surface area contributed by atoms with Crippen molar-refractivity contribution >= 4 is 0 Å². The van der Waals surface area contributed by atoms with Gasteiger partial charge in [-0.15, -0.1) is 0 Å². The van der Waals surface area contributed by atoms with Gasteiger partial charge in [-0.1, -0.05) is 30.3 Å². The van der Waals surface area contributed by atoms with E-state index in [0.717, 1.165) is 51.2 Å². The first-order chi connectivity index (χ1) is 14.3. The number of hydrogen-bond acceptors (Lipinski definition) is 2. The molecule has 5 rings (SSSR count). The first kappa shape index (κ1) is 18.4. The minimum atomic E-state index is -0.163. The van der Waals surface area contributed by atoms with E-state index in [9.17, 15) is 4.39 Å². The summed E-state index contributed by atoms with van der Waals surface area (Å²) in [7, 11) is 0. The van der Waals surface area contributed by atoms with Crippen molar-refractivity contribution in [2.75, 3.05) is 19.6 Å². The normalized spacial score (nSPS) is 19.8. The number of rotatable bonds is 4. The number of benzene rings is 2. The maximum atomic E-state index is 13.1. The Balaban J connectivity index is 1.24. The molecule has 3 nitrogen and oxygen atoms in total. The fourth-order valence-electron chi connectivity index (χ4n) is 4.71. The topological polar surface area (TPSA) is 17.4 Å². The minimum absolute atomic E-state index is 0.118. The van der Waals surface area contributed by atoms with E-state index in [0.29, 0.717) is 5.92 Å². The van der Waals surface area contributed by atoms with Gasteiger partial charge in [-0.2, -0.15) is 0 Å². The molecule has 0 amide bonds. The van der Waals surface area contributed by atoms with Gasteiger partial charge in [0.15, 0.2) is 0 Å². The lowest BCUT2D eigenvalue weighted by Crippen LogP contribution is -2.38. The average molecular weight is 391 g/mol. The second kappa shape index (κ2) is 8.03. The zero-order chi connectivity index (χ0) is 19.6. The zero-order valence-corrected chi connectivity index (χ0v) is 16.6. The number of para-hydroxylation sites is 1. The van der Waals surface area contributed by atoms with Crippen LogP contribution in [0.1, 0.15) is 35.8 Å². The van der Waals surface area contributed by atoms with Crippen LogP contribution in [0.5, 0.6) is 5.75 Å². The maximum Gasteiger partial charge on any atom is 0.141 e. The minimum Gasteiger partial charge on any atom is -0.484 e. The third-order valence-electron chi connectivity index (χ3n) is 6.41. The summed E-state index contributed by atoms with van der Waals surface area (Å²) in [5.74, 6) is 1.39. The summed E-state index contributed by atoms with van der Waals surface area (Å²) in [5, 5.41) is 0. The van der Waals surface area contributed by atoms with Crippen molar-refractivity contribution in [2.45, 2.75) is 31.9 Å². The molecular weight excluding hydrogens is 363 g/mol. The number of piperidine rings is 1. The monoisotopic (exact) mass is 390 g/mol. The maximum absolute atomic E-state index is 13.1. The smallest absolute Gasteiger partial charge is 0.141 e. The first-order valence-electron chi connectivity index (χ1n) is 10.6. The van der Waals surface area contributed by atoms with Crippen molar-refractivity contribution in [3.63, 3.8) is 0 Å². The summed E-state index contributed by atoms with van der Waals surface area (Å²) >= 11 is 0. The second-order valence-electron chi connectivity index (χ2n) is 8.26. The van der Waals surface area contributed by atoms with Gasteiger partial charge < -0.3 is 14.2 Å². The summed E-state index contributed by atoms with van der Waals surface area (Å²) in [6.07, 6.45) is 5.54. The second-order valence-corrected chi connectivity index (χ2v) is 8.26. The van der Waals surface area contributed by atoms with Crippen LogP contribution in [0.2, 0.25) is 0 Å². The van der Waals surface area contributed by atoms with Crippen molar-refractivity contribution in [2.24, 2.45) is 5.92 Å². The van der Waals surface area contributed by atoms with Gasteiger partial charge in [-0.25, -0.2) is 4.39 Å². The van der Waals surface area contributed by atoms with Crippen molar-refractivity contribution in [3.05, 3.63) is 89.5 Å². The highest BCUT2D eigenvalue weighted by Gasteiger charge is 2.32. The Hall–Kier alpha value is -2.59. The van der Waals surface area contributed by atoms with Crippen LogP contribution >= 0.6 is 0 Å². The molecule has 29 heavy (non-hydrogen) atoms. The van der Waals surface area contributed by atoms with Crippen LogP contribution in [0.4, 0.5) is 4.39 Å². The molecule has 1 aromatic heterocycles. The molecule has 2 aliphatic rings. The van der Waals surface area contributed by atoms with Crippen LogP contribution < -0.4 is 4.74 Å². The third kappa shape index (κ3) is 3.95. The van der Waals surface area contributed by atoms with E-state index in [2.05, 4.69) is 52.1 Å². The average Bonchev–Trinajstić information content (AvgIpc) is 3.15. The van der Waals surface area contributed by atoms with Gasteiger partial charge in [-0.05, 0) is 68.2 Å². The zero-order valence-electron chi connectivity index (χ0n) is 16.6. The highest BCUT2D eigenvalue weighted by Crippen LogP contribution is 2.38. The van der Waals surface area contributed by atoms with Crippen molar-refractivity contribution < 1.29 is 9.13 Å². The van der Waals surface area contributed by atoms with Crippen molar-refractivity contribution in [1.29, 1.82) is 0 Å². The van der Waals surface area contributed by atoms with Crippen LogP contribution in [0.15, 0.2) is 66.9 Å². The highest BCUT2D eigenvalue weighted by atomic mass is 19.1. The molecule has 1 atom stereocenters. The summed E-state index contributed by atoms with van der Waals surface area (Å²) in [6.45, 7) is 4.09. The number of likely N-dealkylation sites (tertiary alicyclic amines) is 1. The van der Waals surface area contributed by atoms with E-state index >= 15 is 0 Å². The van der Waals surface area contributed by atoms with Crippen LogP contribution in [-0.2, 0) is 13.0 Å². The van der Waals surface area contributed by atoms with Gasteiger partial charge in [0.1, 0.15) is 17.7 Å². The van der Waals surface area contributed by atoms with Crippen LogP contribution in [0, 0.1) is 11.7 Å². The molecule has 2 aromatic carbocycles. The van der Waals surface area contributed by atoms with E-state index in [1.165, 1.54) is 16.8 Å². The summed E-state index contributed by atoms with van der Waals surface area (Å²) in [5.41, 5.74) is 3.75. The number of fused-ring (bicyclic) bond motifs is 2. The Kier molecular flexibility index (Phi) is 5.11. The summed E-state index contributed by atoms with van der Waals surface area (Å²) in [6, 6.07) is 19.7. The van der Waals surface area contributed by atoms with Crippen LogP contribution in [0.3, 0.4) is 0 Å². The molecule has 0 spiro atoms. The van der Waals surface area contributed by atoms with Gasteiger partial charge in [0.2, 0.25) is 0 Å². The molecule has 1 fully saturated rings. The molecule has 1 saturated heterocycles. The predicted molar refractivity (Wildman–Crippen MR) is 113 cm³/mol. The number of ether oxygens (including phenoxy) is 1. The van der Waals surface area contributed by atoms with Crippen LogP contribution in [0.25, 0.3) is 0 Å². The van der Waals surface area contributed by atoms with Crippen molar-refractivity contribution in [1.82, 2.24) is 9.47 Å².